The maximum absolute atomic E-state index is 12.0. The number of nitrogens with one attached hydrogen (secondary N) is 2. The molecule has 0 radical (unpaired) electrons. The minimum absolute atomic E-state index is 0.00350. The molecule has 0 aliphatic carbocycles. The minimum Gasteiger partial charge on any atom is -0.484 e. The van der Waals surface area contributed by atoms with Gasteiger partial charge < -0.3 is 14.8 Å². The molecule has 0 atom stereocenters. The SMILES string of the molecule is CC(C)(COC(=O)Nc1cccc(Cl)c1)NC(=O)COc1ccccc1. The number of anilines is 1. The van der Waals surface area contributed by atoms with Gasteiger partial charge in [-0.15, -0.1) is 0 Å². The number of ether oxygens (including phenoxy) is 2. The molecular weight excluding hydrogens is 356 g/mol. The molecule has 0 fully saturated rings. The molecule has 2 aromatic carbocycles. The molecule has 0 aliphatic heterocycles. The lowest BCUT2D eigenvalue weighted by molar-refractivity contribution is -0.125. The predicted octanol–water partition coefficient (Wildman–Crippen LogP) is 3.86. The van der Waals surface area contributed by atoms with Crippen molar-refractivity contribution in [3.05, 3.63) is 59.6 Å². The summed E-state index contributed by atoms with van der Waals surface area (Å²) in [7, 11) is 0. The molecule has 0 bridgehead atoms. The van der Waals surface area contributed by atoms with Crippen LogP contribution >= 0.6 is 11.6 Å². The van der Waals surface area contributed by atoms with Gasteiger partial charge in [-0.2, -0.15) is 0 Å². The fourth-order valence-electron chi connectivity index (χ4n) is 2.08. The summed E-state index contributed by atoms with van der Waals surface area (Å²) in [6.07, 6.45) is -0.630. The van der Waals surface area contributed by atoms with E-state index in [9.17, 15) is 9.59 Å². The third-order valence-electron chi connectivity index (χ3n) is 3.23. The van der Waals surface area contributed by atoms with Gasteiger partial charge in [0.05, 0.1) is 5.54 Å². The van der Waals surface area contributed by atoms with Gasteiger partial charge in [0.1, 0.15) is 12.4 Å². The molecule has 0 aromatic heterocycles. The standard InChI is InChI=1S/C19H21ClN2O4/c1-19(2,22-17(23)12-25-16-9-4-3-5-10-16)13-26-18(24)21-15-8-6-7-14(20)11-15/h3-11H,12-13H2,1-2H3,(H,21,24)(H,22,23). The van der Waals surface area contributed by atoms with Gasteiger partial charge in [-0.3, -0.25) is 10.1 Å². The van der Waals surface area contributed by atoms with Crippen molar-refractivity contribution in [2.24, 2.45) is 0 Å². The Kier molecular flexibility index (Phi) is 6.86. The number of benzene rings is 2. The number of para-hydroxylation sites is 1. The molecule has 0 saturated heterocycles. The number of rotatable bonds is 7. The molecule has 0 aliphatic rings. The van der Waals surface area contributed by atoms with Crippen molar-refractivity contribution in [1.82, 2.24) is 5.32 Å². The van der Waals surface area contributed by atoms with Gasteiger partial charge in [0.2, 0.25) is 0 Å². The highest BCUT2D eigenvalue weighted by Gasteiger charge is 2.23. The van der Waals surface area contributed by atoms with E-state index in [0.717, 1.165) is 0 Å². The first-order valence-corrected chi connectivity index (χ1v) is 8.40. The Morgan fingerprint density at radius 1 is 1.08 bits per heavy atom. The summed E-state index contributed by atoms with van der Waals surface area (Å²) in [5.41, 5.74) is -0.219. The van der Waals surface area contributed by atoms with Crippen LogP contribution in [0.3, 0.4) is 0 Å². The summed E-state index contributed by atoms with van der Waals surface area (Å²) in [5, 5.41) is 5.85. The first kappa shape index (κ1) is 19.6. The zero-order chi connectivity index (χ0) is 19.0. The topological polar surface area (TPSA) is 76.7 Å². The minimum atomic E-state index is -0.747. The molecule has 7 heteroatoms. The lowest BCUT2D eigenvalue weighted by Gasteiger charge is -2.25. The van der Waals surface area contributed by atoms with Crippen LogP contribution in [0.1, 0.15) is 13.8 Å². The molecular formula is C19H21ClN2O4. The van der Waals surface area contributed by atoms with E-state index in [1.807, 2.05) is 18.2 Å². The summed E-state index contributed by atoms with van der Waals surface area (Å²) in [5.74, 6) is 0.301. The van der Waals surface area contributed by atoms with Gasteiger partial charge in [-0.05, 0) is 44.2 Å². The largest absolute Gasteiger partial charge is 0.484 e. The Hall–Kier alpha value is -2.73. The van der Waals surface area contributed by atoms with Gasteiger partial charge in [0.25, 0.3) is 5.91 Å². The monoisotopic (exact) mass is 376 g/mol. The molecule has 2 amide bonds. The third kappa shape index (κ3) is 7.03. The quantitative estimate of drug-likeness (QED) is 0.769. The lowest BCUT2D eigenvalue weighted by Crippen LogP contribution is -2.49. The van der Waals surface area contributed by atoms with Crippen LogP contribution in [0.15, 0.2) is 54.6 Å². The molecule has 0 spiro atoms. The van der Waals surface area contributed by atoms with Crippen molar-refractivity contribution >= 4 is 29.3 Å². The number of carbonyl (C=O) groups excluding carboxylic acids is 2. The average molecular weight is 377 g/mol. The van der Waals surface area contributed by atoms with Crippen LogP contribution in [0.25, 0.3) is 0 Å². The second-order valence-corrected chi connectivity index (χ2v) is 6.68. The Bertz CT molecular complexity index is 750. The highest BCUT2D eigenvalue weighted by molar-refractivity contribution is 6.30. The van der Waals surface area contributed by atoms with Crippen molar-refractivity contribution in [2.45, 2.75) is 19.4 Å². The van der Waals surface area contributed by atoms with Gasteiger partial charge in [-0.25, -0.2) is 4.79 Å². The van der Waals surface area contributed by atoms with Gasteiger partial charge in [-0.1, -0.05) is 35.9 Å². The molecule has 2 rings (SSSR count). The maximum Gasteiger partial charge on any atom is 0.411 e. The molecule has 2 aromatic rings. The fourth-order valence-corrected chi connectivity index (χ4v) is 2.27. The van der Waals surface area contributed by atoms with Crippen LogP contribution in [0.2, 0.25) is 5.02 Å². The molecule has 138 valence electrons. The van der Waals surface area contributed by atoms with E-state index in [2.05, 4.69) is 10.6 Å². The second-order valence-electron chi connectivity index (χ2n) is 6.25. The highest BCUT2D eigenvalue weighted by atomic mass is 35.5. The van der Waals surface area contributed by atoms with Crippen LogP contribution in [0, 0.1) is 0 Å². The molecule has 2 N–H and O–H groups in total. The summed E-state index contributed by atoms with van der Waals surface area (Å²) < 4.78 is 10.6. The molecule has 0 heterocycles. The third-order valence-corrected chi connectivity index (χ3v) is 3.46. The van der Waals surface area contributed by atoms with Crippen LogP contribution in [-0.4, -0.2) is 30.8 Å². The number of halogens is 1. The maximum atomic E-state index is 12.0. The van der Waals surface area contributed by atoms with E-state index in [-0.39, 0.29) is 19.1 Å². The van der Waals surface area contributed by atoms with Crippen molar-refractivity contribution < 1.29 is 19.1 Å². The van der Waals surface area contributed by atoms with E-state index in [0.29, 0.717) is 16.5 Å². The van der Waals surface area contributed by atoms with Gasteiger partial charge in [0.15, 0.2) is 6.61 Å². The second kappa shape index (κ2) is 9.10. The number of amides is 2. The zero-order valence-corrected chi connectivity index (χ0v) is 15.4. The average Bonchev–Trinajstić information content (AvgIpc) is 2.59. The lowest BCUT2D eigenvalue weighted by atomic mass is 10.1. The molecule has 0 unspecified atom stereocenters. The van der Waals surface area contributed by atoms with E-state index in [1.165, 1.54) is 0 Å². The first-order valence-electron chi connectivity index (χ1n) is 8.02. The van der Waals surface area contributed by atoms with Gasteiger partial charge in [0, 0.05) is 10.7 Å². The summed E-state index contributed by atoms with van der Waals surface area (Å²) in [6, 6.07) is 15.8. The first-order chi connectivity index (χ1) is 12.3. The summed E-state index contributed by atoms with van der Waals surface area (Å²) in [4.78, 5) is 23.9. The highest BCUT2D eigenvalue weighted by Crippen LogP contribution is 2.15. The Balaban J connectivity index is 1.74. The number of hydrogen-bond donors (Lipinski definition) is 2. The van der Waals surface area contributed by atoms with Crippen LogP contribution in [-0.2, 0) is 9.53 Å². The molecule has 0 saturated carbocycles. The Morgan fingerprint density at radius 2 is 1.81 bits per heavy atom. The van der Waals surface area contributed by atoms with E-state index in [1.54, 1.807) is 50.2 Å². The van der Waals surface area contributed by atoms with Crippen molar-refractivity contribution in [3.8, 4) is 5.75 Å². The molecule has 26 heavy (non-hydrogen) atoms. The van der Waals surface area contributed by atoms with E-state index in [4.69, 9.17) is 21.1 Å². The van der Waals surface area contributed by atoms with Crippen molar-refractivity contribution in [3.63, 3.8) is 0 Å². The number of carbonyl (C=O) groups is 2. The zero-order valence-electron chi connectivity index (χ0n) is 14.6. The Morgan fingerprint density at radius 3 is 2.50 bits per heavy atom. The fraction of sp³-hybridized carbons (Fsp3) is 0.263. The van der Waals surface area contributed by atoms with Crippen LogP contribution in [0.5, 0.6) is 5.75 Å². The summed E-state index contributed by atoms with van der Waals surface area (Å²) >= 11 is 5.86. The van der Waals surface area contributed by atoms with Gasteiger partial charge >= 0.3 is 6.09 Å². The van der Waals surface area contributed by atoms with E-state index >= 15 is 0 Å². The van der Waals surface area contributed by atoms with Crippen LogP contribution < -0.4 is 15.4 Å². The Labute approximate surface area is 157 Å². The number of hydrogen-bond acceptors (Lipinski definition) is 4. The normalized spacial score (nSPS) is 10.7. The van der Waals surface area contributed by atoms with Crippen molar-refractivity contribution in [2.75, 3.05) is 18.5 Å². The van der Waals surface area contributed by atoms with Crippen LogP contribution in [0.4, 0.5) is 10.5 Å². The van der Waals surface area contributed by atoms with Crippen molar-refractivity contribution in [1.29, 1.82) is 0 Å². The smallest absolute Gasteiger partial charge is 0.411 e. The van der Waals surface area contributed by atoms with E-state index < -0.39 is 11.6 Å². The summed E-state index contributed by atoms with van der Waals surface area (Å²) in [6.45, 7) is 3.37. The predicted molar refractivity (Wildman–Crippen MR) is 101 cm³/mol. The molecule has 6 nitrogen and oxygen atoms in total.